The van der Waals surface area contributed by atoms with E-state index in [0.29, 0.717) is 10.7 Å². The number of halogens is 1. The number of amides is 2. The molecule has 2 aromatic carbocycles. The molecule has 0 unspecified atom stereocenters. The molecular formula is C21H21ClN2O4. The van der Waals surface area contributed by atoms with E-state index >= 15 is 0 Å². The summed E-state index contributed by atoms with van der Waals surface area (Å²) in [6.45, 7) is 3.58. The molecule has 0 saturated carbocycles. The lowest BCUT2D eigenvalue weighted by Crippen LogP contribution is -2.28. The molecule has 1 saturated heterocycles. The number of carbonyl (C=O) groups excluding carboxylic acids is 3. The van der Waals surface area contributed by atoms with Gasteiger partial charge in [0.15, 0.2) is 6.61 Å². The Hall–Kier alpha value is -2.86. The second-order valence-corrected chi connectivity index (χ2v) is 7.22. The van der Waals surface area contributed by atoms with Gasteiger partial charge in [0.1, 0.15) is 0 Å². The molecule has 1 heterocycles. The summed E-state index contributed by atoms with van der Waals surface area (Å²) in [5.74, 6) is -1.74. The molecule has 0 radical (unpaired) electrons. The van der Waals surface area contributed by atoms with Gasteiger partial charge in [-0.05, 0) is 43.7 Å². The molecular weight excluding hydrogens is 380 g/mol. The summed E-state index contributed by atoms with van der Waals surface area (Å²) in [5, 5.41) is 3.21. The number of hydrogen-bond acceptors (Lipinski definition) is 4. The zero-order chi connectivity index (χ0) is 20.3. The van der Waals surface area contributed by atoms with Gasteiger partial charge in [0, 0.05) is 29.4 Å². The van der Waals surface area contributed by atoms with Gasteiger partial charge < -0.3 is 15.0 Å². The molecule has 0 aromatic heterocycles. The van der Waals surface area contributed by atoms with E-state index in [1.165, 1.54) is 0 Å². The Balaban J connectivity index is 1.53. The normalized spacial score (nSPS) is 16.2. The second-order valence-electron chi connectivity index (χ2n) is 6.81. The third-order valence-electron chi connectivity index (χ3n) is 4.69. The maximum Gasteiger partial charge on any atom is 0.311 e. The molecule has 0 aliphatic carbocycles. The molecule has 1 fully saturated rings. The summed E-state index contributed by atoms with van der Waals surface area (Å²) >= 11 is 6.02. The molecule has 1 aliphatic heterocycles. The summed E-state index contributed by atoms with van der Waals surface area (Å²) in [6.07, 6.45) is 0.0712. The Labute approximate surface area is 168 Å². The number of esters is 1. The highest BCUT2D eigenvalue weighted by molar-refractivity contribution is 6.31. The van der Waals surface area contributed by atoms with E-state index in [1.54, 1.807) is 30.0 Å². The number of rotatable bonds is 5. The van der Waals surface area contributed by atoms with Gasteiger partial charge in [0.05, 0.1) is 5.92 Å². The van der Waals surface area contributed by atoms with Crippen LogP contribution in [0.2, 0.25) is 5.02 Å². The van der Waals surface area contributed by atoms with Crippen molar-refractivity contribution in [1.82, 2.24) is 0 Å². The van der Waals surface area contributed by atoms with Gasteiger partial charge in [-0.3, -0.25) is 14.4 Å². The predicted molar refractivity (Wildman–Crippen MR) is 107 cm³/mol. The van der Waals surface area contributed by atoms with Gasteiger partial charge in [0.25, 0.3) is 5.91 Å². The predicted octanol–water partition coefficient (Wildman–Crippen LogP) is 3.49. The molecule has 1 atom stereocenters. The van der Waals surface area contributed by atoms with Crippen LogP contribution in [0, 0.1) is 19.8 Å². The van der Waals surface area contributed by atoms with Crippen molar-refractivity contribution >= 4 is 40.8 Å². The van der Waals surface area contributed by atoms with Crippen molar-refractivity contribution in [2.75, 3.05) is 23.4 Å². The van der Waals surface area contributed by atoms with Crippen LogP contribution in [0.15, 0.2) is 42.5 Å². The lowest BCUT2D eigenvalue weighted by Gasteiger charge is -2.16. The van der Waals surface area contributed by atoms with Crippen LogP contribution in [0.4, 0.5) is 11.4 Å². The maximum atomic E-state index is 12.3. The van der Waals surface area contributed by atoms with Gasteiger partial charge in [0.2, 0.25) is 5.91 Å². The average Bonchev–Trinajstić information content (AvgIpc) is 3.06. The van der Waals surface area contributed by atoms with Crippen molar-refractivity contribution in [2.45, 2.75) is 20.3 Å². The van der Waals surface area contributed by atoms with Gasteiger partial charge in [-0.1, -0.05) is 35.4 Å². The SMILES string of the molecule is Cc1ccc(N2C[C@@H](C(=O)OCC(=O)Nc3cccc(Cl)c3C)CC2=O)cc1. The van der Waals surface area contributed by atoms with Gasteiger partial charge >= 0.3 is 5.97 Å². The first-order valence-electron chi connectivity index (χ1n) is 8.94. The van der Waals surface area contributed by atoms with E-state index < -0.39 is 24.4 Å². The van der Waals surface area contributed by atoms with Crippen LogP contribution in [0.5, 0.6) is 0 Å². The molecule has 6 nitrogen and oxygen atoms in total. The fraction of sp³-hybridized carbons (Fsp3) is 0.286. The number of nitrogens with zero attached hydrogens (tertiary/aromatic N) is 1. The van der Waals surface area contributed by atoms with E-state index in [-0.39, 0.29) is 18.9 Å². The maximum absolute atomic E-state index is 12.3. The summed E-state index contributed by atoms with van der Waals surface area (Å²) in [7, 11) is 0. The molecule has 28 heavy (non-hydrogen) atoms. The first-order valence-corrected chi connectivity index (χ1v) is 9.31. The van der Waals surface area contributed by atoms with Crippen molar-refractivity contribution in [3.8, 4) is 0 Å². The van der Waals surface area contributed by atoms with E-state index in [0.717, 1.165) is 16.8 Å². The molecule has 1 N–H and O–H groups in total. The smallest absolute Gasteiger partial charge is 0.311 e. The van der Waals surface area contributed by atoms with Crippen molar-refractivity contribution < 1.29 is 19.1 Å². The van der Waals surface area contributed by atoms with Gasteiger partial charge in [-0.2, -0.15) is 0 Å². The van der Waals surface area contributed by atoms with Crippen LogP contribution in [-0.4, -0.2) is 30.9 Å². The Morgan fingerprint density at radius 2 is 1.89 bits per heavy atom. The highest BCUT2D eigenvalue weighted by Crippen LogP contribution is 2.26. The zero-order valence-electron chi connectivity index (χ0n) is 15.7. The van der Waals surface area contributed by atoms with Crippen molar-refractivity contribution in [2.24, 2.45) is 5.92 Å². The summed E-state index contributed by atoms with van der Waals surface area (Å²) < 4.78 is 5.12. The highest BCUT2D eigenvalue weighted by atomic mass is 35.5. The third kappa shape index (κ3) is 4.51. The Kier molecular flexibility index (Phi) is 5.99. The number of benzene rings is 2. The molecule has 1 aliphatic rings. The topological polar surface area (TPSA) is 75.7 Å². The monoisotopic (exact) mass is 400 g/mol. The standard InChI is InChI=1S/C21H21ClN2O4/c1-13-6-8-16(9-7-13)24-11-15(10-20(24)26)21(27)28-12-19(25)23-18-5-3-4-17(22)14(18)2/h3-9,15H,10-12H2,1-2H3,(H,23,25)/t15-/m0/s1. The number of nitrogens with one attached hydrogen (secondary N) is 1. The first kappa shape index (κ1) is 19.9. The molecule has 3 rings (SSSR count). The Morgan fingerprint density at radius 3 is 2.61 bits per heavy atom. The lowest BCUT2D eigenvalue weighted by molar-refractivity contribution is -0.151. The molecule has 7 heteroatoms. The minimum atomic E-state index is -0.588. The fourth-order valence-corrected chi connectivity index (χ4v) is 3.20. The van der Waals surface area contributed by atoms with Gasteiger partial charge in [-0.15, -0.1) is 0 Å². The van der Waals surface area contributed by atoms with Gasteiger partial charge in [-0.25, -0.2) is 0 Å². The van der Waals surface area contributed by atoms with E-state index in [1.807, 2.05) is 31.2 Å². The molecule has 146 valence electrons. The Morgan fingerprint density at radius 1 is 1.18 bits per heavy atom. The van der Waals surface area contributed by atoms with Crippen LogP contribution in [0.1, 0.15) is 17.5 Å². The minimum Gasteiger partial charge on any atom is -0.455 e. The summed E-state index contributed by atoms with van der Waals surface area (Å²) in [4.78, 5) is 38.2. The number of hydrogen-bond donors (Lipinski definition) is 1. The number of carbonyl (C=O) groups is 3. The zero-order valence-corrected chi connectivity index (χ0v) is 16.5. The van der Waals surface area contributed by atoms with Crippen molar-refractivity contribution in [1.29, 1.82) is 0 Å². The quantitative estimate of drug-likeness (QED) is 0.779. The minimum absolute atomic E-state index is 0.0712. The van der Waals surface area contributed by atoms with Crippen LogP contribution < -0.4 is 10.2 Å². The molecule has 2 amide bonds. The molecule has 0 bridgehead atoms. The number of ether oxygens (including phenoxy) is 1. The summed E-state index contributed by atoms with van der Waals surface area (Å²) in [6, 6.07) is 12.7. The average molecular weight is 401 g/mol. The van der Waals surface area contributed by atoms with Crippen LogP contribution in [0.25, 0.3) is 0 Å². The fourth-order valence-electron chi connectivity index (χ4n) is 3.02. The largest absolute Gasteiger partial charge is 0.455 e. The van der Waals surface area contributed by atoms with E-state index in [9.17, 15) is 14.4 Å². The lowest BCUT2D eigenvalue weighted by atomic mass is 10.1. The number of aryl methyl sites for hydroxylation is 1. The third-order valence-corrected chi connectivity index (χ3v) is 5.10. The second kappa shape index (κ2) is 8.44. The number of anilines is 2. The molecule has 0 spiro atoms. The van der Waals surface area contributed by atoms with E-state index in [4.69, 9.17) is 16.3 Å². The van der Waals surface area contributed by atoms with Crippen LogP contribution in [-0.2, 0) is 19.1 Å². The summed E-state index contributed by atoms with van der Waals surface area (Å²) in [5.41, 5.74) is 3.14. The van der Waals surface area contributed by atoms with Crippen molar-refractivity contribution in [3.63, 3.8) is 0 Å². The van der Waals surface area contributed by atoms with E-state index in [2.05, 4.69) is 5.32 Å². The van der Waals surface area contributed by atoms with Crippen LogP contribution in [0.3, 0.4) is 0 Å². The van der Waals surface area contributed by atoms with Crippen LogP contribution >= 0.6 is 11.6 Å². The first-order chi connectivity index (χ1) is 13.3. The molecule has 2 aromatic rings. The Bertz CT molecular complexity index is 911. The highest BCUT2D eigenvalue weighted by Gasteiger charge is 2.36. The van der Waals surface area contributed by atoms with Crippen molar-refractivity contribution in [3.05, 3.63) is 58.6 Å².